The number of benzene rings is 3. The fourth-order valence-corrected chi connectivity index (χ4v) is 3.58. The predicted molar refractivity (Wildman–Crippen MR) is 114 cm³/mol. The molecule has 0 bridgehead atoms. The summed E-state index contributed by atoms with van der Waals surface area (Å²) in [6, 6.07) is 26.5. The van der Waals surface area contributed by atoms with E-state index in [9.17, 15) is 14.7 Å². The minimum atomic E-state index is -0.678. The fourth-order valence-electron chi connectivity index (χ4n) is 3.58. The van der Waals surface area contributed by atoms with Gasteiger partial charge in [-0.2, -0.15) is 0 Å². The molecule has 0 radical (unpaired) electrons. The average molecular weight is 420 g/mol. The van der Waals surface area contributed by atoms with E-state index < -0.39 is 17.6 Å². The summed E-state index contributed by atoms with van der Waals surface area (Å²) in [6.45, 7) is 0. The minimum Gasteiger partial charge on any atom is -0.875 e. The van der Waals surface area contributed by atoms with Crippen LogP contribution in [0.5, 0.6) is 0 Å². The molecular formula is C25H21N2NaO3. The van der Waals surface area contributed by atoms with Crippen LogP contribution in [-0.2, 0) is 16.0 Å². The molecule has 2 amide bonds. The van der Waals surface area contributed by atoms with E-state index in [0.29, 0.717) is 12.1 Å². The van der Waals surface area contributed by atoms with Crippen LogP contribution in [0.25, 0.3) is 11.1 Å². The van der Waals surface area contributed by atoms with Crippen LogP contribution in [0.2, 0.25) is 0 Å². The van der Waals surface area contributed by atoms with Crippen LogP contribution in [0.1, 0.15) is 12.0 Å². The van der Waals surface area contributed by atoms with Gasteiger partial charge in [-0.05, 0) is 41.7 Å². The van der Waals surface area contributed by atoms with Gasteiger partial charge in [-0.15, -0.1) is 5.76 Å². The molecule has 0 saturated heterocycles. The van der Waals surface area contributed by atoms with Gasteiger partial charge in [0.25, 0.3) is 11.8 Å². The second kappa shape index (κ2) is 10.4. The minimum absolute atomic E-state index is 0. The zero-order valence-electron chi connectivity index (χ0n) is 17.3. The number of carbonyl (C=O) groups is 2. The zero-order valence-corrected chi connectivity index (χ0v) is 19.3. The Kier molecular flexibility index (Phi) is 7.69. The molecule has 1 aliphatic rings. The van der Waals surface area contributed by atoms with Crippen LogP contribution < -0.4 is 45.3 Å². The van der Waals surface area contributed by atoms with Gasteiger partial charge in [0.05, 0.1) is 5.57 Å². The Balaban J connectivity index is 0.00000272. The van der Waals surface area contributed by atoms with Crippen LogP contribution in [0, 0.1) is 0 Å². The number of carbonyl (C=O) groups excluding carboxylic acids is 2. The van der Waals surface area contributed by atoms with E-state index in [0.717, 1.165) is 16.7 Å². The first-order chi connectivity index (χ1) is 14.6. The monoisotopic (exact) mass is 420 g/mol. The Morgan fingerprint density at radius 3 is 2.10 bits per heavy atom. The van der Waals surface area contributed by atoms with Crippen LogP contribution in [0.15, 0.2) is 96.3 Å². The van der Waals surface area contributed by atoms with Crippen molar-refractivity contribution in [3.05, 3.63) is 102 Å². The van der Waals surface area contributed by atoms with E-state index in [1.54, 1.807) is 12.1 Å². The predicted octanol–water partition coefficient (Wildman–Crippen LogP) is 0.0417. The summed E-state index contributed by atoms with van der Waals surface area (Å²) >= 11 is 0. The van der Waals surface area contributed by atoms with Crippen molar-refractivity contribution in [2.45, 2.75) is 18.9 Å². The molecule has 0 aliphatic carbocycles. The van der Waals surface area contributed by atoms with Crippen LogP contribution in [0.4, 0.5) is 5.69 Å². The first kappa shape index (κ1) is 22.8. The van der Waals surface area contributed by atoms with Crippen LogP contribution in [0.3, 0.4) is 0 Å². The molecule has 3 aromatic rings. The first-order valence-corrected chi connectivity index (χ1v) is 9.82. The number of anilines is 1. The third-order valence-corrected chi connectivity index (χ3v) is 5.07. The van der Waals surface area contributed by atoms with Crippen molar-refractivity contribution in [2.24, 2.45) is 0 Å². The van der Waals surface area contributed by atoms with Gasteiger partial charge in [-0.3, -0.25) is 9.59 Å². The summed E-state index contributed by atoms with van der Waals surface area (Å²) in [6.07, 6.45) is 0.657. The maximum Gasteiger partial charge on any atom is 1.00 e. The molecule has 1 unspecified atom stereocenters. The molecule has 2 N–H and O–H groups in total. The second-order valence-electron chi connectivity index (χ2n) is 7.26. The molecule has 0 aromatic heterocycles. The fraction of sp³-hybridized carbons (Fsp3) is 0.120. The molecule has 4 rings (SSSR count). The van der Waals surface area contributed by atoms with E-state index >= 15 is 0 Å². The van der Waals surface area contributed by atoms with E-state index in [1.807, 2.05) is 72.8 Å². The molecule has 31 heavy (non-hydrogen) atoms. The van der Waals surface area contributed by atoms with Crippen molar-refractivity contribution in [1.29, 1.82) is 0 Å². The SMILES string of the molecule is O=C(Nc1ccc(-c2ccccc2)cc1)C1=C([O-])CC(Cc2ccccc2)NC1=O.[Na+]. The largest absolute Gasteiger partial charge is 1.00 e. The van der Waals surface area contributed by atoms with Crippen molar-refractivity contribution in [2.75, 3.05) is 5.32 Å². The van der Waals surface area contributed by atoms with Gasteiger partial charge < -0.3 is 15.7 Å². The van der Waals surface area contributed by atoms with Crippen molar-refractivity contribution in [3.8, 4) is 11.1 Å². The number of amides is 2. The molecule has 150 valence electrons. The summed E-state index contributed by atoms with van der Waals surface area (Å²) in [5, 5.41) is 18.0. The van der Waals surface area contributed by atoms with Gasteiger partial charge >= 0.3 is 29.6 Å². The molecule has 3 aromatic carbocycles. The molecule has 0 fully saturated rings. The molecule has 1 heterocycles. The maximum atomic E-state index is 12.6. The quantitative estimate of drug-likeness (QED) is 0.452. The molecule has 5 nitrogen and oxygen atoms in total. The first-order valence-electron chi connectivity index (χ1n) is 9.82. The van der Waals surface area contributed by atoms with Gasteiger partial charge in [0.15, 0.2) is 0 Å². The van der Waals surface area contributed by atoms with E-state index in [4.69, 9.17) is 0 Å². The molecule has 1 atom stereocenters. The number of nitrogens with one attached hydrogen (secondary N) is 2. The van der Waals surface area contributed by atoms with E-state index in [2.05, 4.69) is 10.6 Å². The van der Waals surface area contributed by atoms with Gasteiger partial charge in [-0.25, -0.2) is 0 Å². The molecule has 0 spiro atoms. The Hall–Kier alpha value is -2.86. The van der Waals surface area contributed by atoms with Crippen LogP contribution in [-0.4, -0.2) is 17.9 Å². The van der Waals surface area contributed by atoms with E-state index in [1.165, 1.54) is 0 Å². The Labute approximate surface area is 203 Å². The molecule has 1 aliphatic heterocycles. The average Bonchev–Trinajstić information content (AvgIpc) is 2.75. The summed E-state index contributed by atoms with van der Waals surface area (Å²) < 4.78 is 0. The number of hydrogen-bond acceptors (Lipinski definition) is 3. The number of rotatable bonds is 5. The Morgan fingerprint density at radius 1 is 0.903 bits per heavy atom. The zero-order chi connectivity index (χ0) is 20.9. The number of hydrogen-bond donors (Lipinski definition) is 2. The summed E-state index contributed by atoms with van der Waals surface area (Å²) in [4.78, 5) is 25.0. The summed E-state index contributed by atoms with van der Waals surface area (Å²) in [7, 11) is 0. The standard InChI is InChI=1S/C25H22N2O3.Na/c28-22-16-21(15-17-7-3-1-4-8-17)27-25(30)23(22)24(29)26-20-13-11-19(12-14-20)18-9-5-2-6-10-18;/h1-14,21,28H,15-16H2,(H,26,29)(H,27,30);/q;+1/p-1. The van der Waals surface area contributed by atoms with Crippen molar-refractivity contribution >= 4 is 17.5 Å². The van der Waals surface area contributed by atoms with E-state index in [-0.39, 0.29) is 47.6 Å². The van der Waals surface area contributed by atoms with Gasteiger partial charge in [0, 0.05) is 11.7 Å². The summed E-state index contributed by atoms with van der Waals surface area (Å²) in [5.41, 5.74) is 3.29. The molecule has 0 saturated carbocycles. The topological polar surface area (TPSA) is 81.3 Å². The Bertz CT molecular complexity index is 1080. The molecule has 6 heteroatoms. The summed E-state index contributed by atoms with van der Waals surface area (Å²) in [5.74, 6) is -1.73. The Morgan fingerprint density at radius 2 is 1.48 bits per heavy atom. The third kappa shape index (κ3) is 5.64. The third-order valence-electron chi connectivity index (χ3n) is 5.07. The van der Waals surface area contributed by atoms with Gasteiger partial charge in [0.2, 0.25) is 0 Å². The maximum absolute atomic E-state index is 12.6. The normalized spacial score (nSPS) is 15.6. The van der Waals surface area contributed by atoms with Crippen molar-refractivity contribution < 1.29 is 44.3 Å². The molecular weight excluding hydrogens is 399 g/mol. The van der Waals surface area contributed by atoms with Crippen molar-refractivity contribution in [3.63, 3.8) is 0 Å². The van der Waals surface area contributed by atoms with Gasteiger partial charge in [-0.1, -0.05) is 72.8 Å². The second-order valence-corrected chi connectivity index (χ2v) is 7.26. The van der Waals surface area contributed by atoms with Crippen LogP contribution >= 0.6 is 0 Å². The smallest absolute Gasteiger partial charge is 0.875 e. The van der Waals surface area contributed by atoms with Gasteiger partial charge in [0.1, 0.15) is 0 Å². The van der Waals surface area contributed by atoms with Crippen molar-refractivity contribution in [1.82, 2.24) is 5.32 Å².